The second-order valence-electron chi connectivity index (χ2n) is 5.54. The van der Waals surface area contributed by atoms with E-state index in [-0.39, 0.29) is 5.56 Å². The van der Waals surface area contributed by atoms with Crippen molar-refractivity contribution in [3.05, 3.63) is 49.8 Å². The Hall–Kier alpha value is -1.92. The third-order valence-electron chi connectivity index (χ3n) is 4.19. The number of benzene rings is 1. The molecule has 0 saturated carbocycles. The number of aromatic nitrogens is 2. The molecule has 0 radical (unpaired) electrons. The van der Waals surface area contributed by atoms with Gasteiger partial charge in [-0.2, -0.15) is 0 Å². The fourth-order valence-corrected chi connectivity index (χ4v) is 4.78. The lowest BCUT2D eigenvalue weighted by Gasteiger charge is -2.11. The summed E-state index contributed by atoms with van der Waals surface area (Å²) in [6.07, 6.45) is 4.36. The van der Waals surface area contributed by atoms with Gasteiger partial charge >= 0.3 is 0 Å². The molecule has 3 N–H and O–H groups in total. The van der Waals surface area contributed by atoms with Crippen LogP contribution in [0.25, 0.3) is 15.9 Å². The molecule has 0 unspecified atom stereocenters. The van der Waals surface area contributed by atoms with Crippen molar-refractivity contribution >= 4 is 39.5 Å². The summed E-state index contributed by atoms with van der Waals surface area (Å²) in [5, 5.41) is 0.788. The number of nitrogens with zero attached hydrogens (tertiary/aromatic N) is 1. The summed E-state index contributed by atoms with van der Waals surface area (Å²) < 4.78 is 1.92. The average molecular weight is 329 g/mol. The Morgan fingerprint density at radius 1 is 1.23 bits per heavy atom. The predicted octanol–water partition coefficient (Wildman–Crippen LogP) is 3.57. The summed E-state index contributed by atoms with van der Waals surface area (Å²) in [6, 6.07) is 7.32. The zero-order chi connectivity index (χ0) is 15.3. The van der Waals surface area contributed by atoms with E-state index in [1.807, 2.05) is 18.2 Å². The van der Waals surface area contributed by atoms with E-state index in [4.69, 9.17) is 18.0 Å². The summed E-state index contributed by atoms with van der Waals surface area (Å²) in [4.78, 5) is 18.5. The molecule has 6 heteroatoms. The van der Waals surface area contributed by atoms with Crippen LogP contribution in [0.4, 0.5) is 5.69 Å². The number of para-hydroxylation sites is 2. The van der Waals surface area contributed by atoms with Crippen molar-refractivity contribution in [2.24, 2.45) is 0 Å². The third kappa shape index (κ3) is 1.94. The van der Waals surface area contributed by atoms with Crippen LogP contribution in [-0.4, -0.2) is 9.55 Å². The van der Waals surface area contributed by atoms with Crippen molar-refractivity contribution in [3.63, 3.8) is 0 Å². The number of thiophene rings is 1. The number of nitrogens with one attached hydrogen (secondary N) is 1. The number of aryl methyl sites for hydroxylation is 2. The van der Waals surface area contributed by atoms with Gasteiger partial charge in [-0.15, -0.1) is 11.3 Å². The van der Waals surface area contributed by atoms with Gasteiger partial charge in [-0.3, -0.25) is 9.36 Å². The zero-order valence-corrected chi connectivity index (χ0v) is 13.5. The van der Waals surface area contributed by atoms with E-state index in [0.717, 1.165) is 29.5 Å². The van der Waals surface area contributed by atoms with Crippen molar-refractivity contribution in [3.8, 4) is 5.69 Å². The lowest BCUT2D eigenvalue weighted by Crippen LogP contribution is -2.22. The number of anilines is 1. The van der Waals surface area contributed by atoms with Crippen LogP contribution in [0.5, 0.6) is 0 Å². The van der Waals surface area contributed by atoms with Gasteiger partial charge in [0.25, 0.3) is 5.56 Å². The SMILES string of the molecule is Nc1ccccc1-n1c(=S)[nH]c2sc3c(c2c1=O)CCCC3. The van der Waals surface area contributed by atoms with E-state index in [1.54, 1.807) is 17.4 Å². The van der Waals surface area contributed by atoms with Crippen LogP contribution in [0.15, 0.2) is 29.1 Å². The zero-order valence-electron chi connectivity index (χ0n) is 11.9. The maximum absolute atomic E-state index is 13.1. The maximum atomic E-state index is 13.1. The minimum absolute atomic E-state index is 0.0592. The number of H-pyrrole nitrogens is 1. The molecule has 4 rings (SSSR count). The number of aromatic amines is 1. The number of rotatable bonds is 1. The van der Waals surface area contributed by atoms with Crippen LogP contribution in [0.1, 0.15) is 23.3 Å². The lowest BCUT2D eigenvalue weighted by atomic mass is 9.97. The molecule has 0 spiro atoms. The van der Waals surface area contributed by atoms with E-state index >= 15 is 0 Å². The van der Waals surface area contributed by atoms with Crippen molar-refractivity contribution in [1.82, 2.24) is 9.55 Å². The smallest absolute Gasteiger partial charge is 0.267 e. The molecular weight excluding hydrogens is 314 g/mol. The van der Waals surface area contributed by atoms with Gasteiger partial charge in [-0.25, -0.2) is 0 Å². The first-order valence-corrected chi connectivity index (χ1v) is 8.54. The Morgan fingerprint density at radius 2 is 2.00 bits per heavy atom. The Morgan fingerprint density at radius 3 is 2.82 bits per heavy atom. The fraction of sp³-hybridized carbons (Fsp3) is 0.250. The number of fused-ring (bicyclic) bond motifs is 3. The van der Waals surface area contributed by atoms with Gasteiger partial charge in [-0.05, 0) is 55.6 Å². The number of nitrogens with two attached hydrogens (primary N) is 1. The number of hydrogen-bond donors (Lipinski definition) is 2. The van der Waals surface area contributed by atoms with Gasteiger partial charge in [0, 0.05) is 4.88 Å². The average Bonchev–Trinajstić information content (AvgIpc) is 2.87. The van der Waals surface area contributed by atoms with Gasteiger partial charge in [0.2, 0.25) is 0 Å². The molecule has 4 nitrogen and oxygen atoms in total. The van der Waals surface area contributed by atoms with Crippen LogP contribution in [0.3, 0.4) is 0 Å². The molecule has 1 aliphatic carbocycles. The molecule has 0 bridgehead atoms. The van der Waals surface area contributed by atoms with E-state index < -0.39 is 0 Å². The highest BCUT2D eigenvalue weighted by atomic mass is 32.1. The first-order chi connectivity index (χ1) is 10.7. The van der Waals surface area contributed by atoms with Crippen LogP contribution in [-0.2, 0) is 12.8 Å². The summed E-state index contributed by atoms with van der Waals surface area (Å²) in [5.41, 5.74) is 8.36. The van der Waals surface area contributed by atoms with E-state index in [0.29, 0.717) is 16.1 Å². The van der Waals surface area contributed by atoms with Crippen LogP contribution < -0.4 is 11.3 Å². The number of nitrogen functional groups attached to an aromatic ring is 1. The molecule has 0 aliphatic heterocycles. The van der Waals surface area contributed by atoms with Crippen molar-refractivity contribution in [2.45, 2.75) is 25.7 Å². The van der Waals surface area contributed by atoms with Gasteiger partial charge in [0.15, 0.2) is 4.77 Å². The van der Waals surface area contributed by atoms with Gasteiger partial charge in [0.05, 0.1) is 16.8 Å². The first-order valence-electron chi connectivity index (χ1n) is 7.31. The minimum atomic E-state index is -0.0592. The summed E-state index contributed by atoms with van der Waals surface area (Å²) >= 11 is 7.08. The molecule has 0 amide bonds. The molecule has 1 aromatic carbocycles. The largest absolute Gasteiger partial charge is 0.397 e. The first kappa shape index (κ1) is 13.7. The Kier molecular flexibility index (Phi) is 3.16. The van der Waals surface area contributed by atoms with E-state index in [1.165, 1.54) is 21.4 Å². The van der Waals surface area contributed by atoms with Crippen LogP contribution >= 0.6 is 23.6 Å². The van der Waals surface area contributed by atoms with Gasteiger partial charge in [-0.1, -0.05) is 12.1 Å². The Labute approximate surface area is 136 Å². The normalized spacial score (nSPS) is 14.2. The molecule has 0 fully saturated rings. The summed E-state index contributed by atoms with van der Waals surface area (Å²) in [6.45, 7) is 0. The van der Waals surface area contributed by atoms with Crippen LogP contribution in [0.2, 0.25) is 0 Å². The van der Waals surface area contributed by atoms with E-state index in [9.17, 15) is 4.79 Å². The quantitative estimate of drug-likeness (QED) is 0.530. The summed E-state index contributed by atoms with van der Waals surface area (Å²) in [7, 11) is 0. The van der Waals surface area contributed by atoms with Crippen molar-refractivity contribution in [1.29, 1.82) is 0 Å². The maximum Gasteiger partial charge on any atom is 0.267 e. The van der Waals surface area contributed by atoms with E-state index in [2.05, 4.69) is 4.98 Å². The molecule has 3 aromatic rings. The molecular formula is C16H15N3OS2. The van der Waals surface area contributed by atoms with Crippen LogP contribution in [0, 0.1) is 4.77 Å². The highest BCUT2D eigenvalue weighted by Crippen LogP contribution is 2.33. The highest BCUT2D eigenvalue weighted by molar-refractivity contribution is 7.71. The Balaban J connectivity index is 2.11. The predicted molar refractivity (Wildman–Crippen MR) is 93.7 cm³/mol. The highest BCUT2D eigenvalue weighted by Gasteiger charge is 2.20. The fourth-order valence-electron chi connectivity index (χ4n) is 3.15. The molecule has 2 aromatic heterocycles. The van der Waals surface area contributed by atoms with Crippen molar-refractivity contribution in [2.75, 3.05) is 5.73 Å². The third-order valence-corrected chi connectivity index (χ3v) is 5.68. The second-order valence-corrected chi connectivity index (χ2v) is 7.04. The Bertz CT molecular complexity index is 997. The molecule has 22 heavy (non-hydrogen) atoms. The standard InChI is InChI=1S/C16H15N3OS2/c17-10-6-2-3-7-11(10)19-15(20)13-9-5-1-4-8-12(9)22-14(13)18-16(19)21/h2-3,6-7H,1,4-5,8,17H2,(H,18,21). The second kappa shape index (κ2) is 5.07. The molecule has 1 aliphatic rings. The molecule has 0 atom stereocenters. The van der Waals surface area contributed by atoms with Gasteiger partial charge < -0.3 is 10.7 Å². The lowest BCUT2D eigenvalue weighted by molar-refractivity contribution is 0.699. The minimum Gasteiger partial charge on any atom is -0.397 e. The van der Waals surface area contributed by atoms with Gasteiger partial charge in [0.1, 0.15) is 4.83 Å². The molecule has 112 valence electrons. The van der Waals surface area contributed by atoms with Crippen molar-refractivity contribution < 1.29 is 0 Å². The monoisotopic (exact) mass is 329 g/mol. The molecule has 2 heterocycles. The molecule has 0 saturated heterocycles. The topological polar surface area (TPSA) is 63.8 Å². The number of hydrogen-bond acceptors (Lipinski definition) is 4. The summed E-state index contributed by atoms with van der Waals surface area (Å²) in [5.74, 6) is 0.